The lowest BCUT2D eigenvalue weighted by Crippen LogP contribution is -2.48. The summed E-state index contributed by atoms with van der Waals surface area (Å²) in [5.41, 5.74) is 3.80. The monoisotopic (exact) mass is 262 g/mol. The molecule has 0 aromatic heterocycles. The fourth-order valence-corrected chi connectivity index (χ4v) is 2.28. The first-order valence-electron chi connectivity index (χ1n) is 6.49. The zero-order valence-electron chi connectivity index (χ0n) is 10.7. The van der Waals surface area contributed by atoms with E-state index in [0.29, 0.717) is 25.8 Å². The molecule has 102 valence electrons. The third-order valence-corrected chi connectivity index (χ3v) is 3.29. The Kier molecular flexibility index (Phi) is 4.52. The minimum Gasteiger partial charge on any atom is -0.480 e. The van der Waals surface area contributed by atoms with E-state index in [4.69, 9.17) is 5.11 Å². The van der Waals surface area contributed by atoms with Crippen LogP contribution in [0.2, 0.25) is 0 Å². The molecule has 1 aliphatic rings. The number of hydrogen-bond donors (Lipinski definition) is 2. The number of hydrazine groups is 1. The number of rotatable bonds is 5. The Labute approximate surface area is 112 Å². The van der Waals surface area contributed by atoms with Gasteiger partial charge in [0, 0.05) is 13.0 Å². The van der Waals surface area contributed by atoms with Crippen molar-refractivity contribution >= 4 is 11.9 Å². The maximum atomic E-state index is 11.8. The highest BCUT2D eigenvalue weighted by atomic mass is 16.4. The van der Waals surface area contributed by atoms with Gasteiger partial charge >= 0.3 is 5.97 Å². The molecule has 0 bridgehead atoms. The van der Waals surface area contributed by atoms with Gasteiger partial charge in [-0.3, -0.25) is 15.0 Å². The number of aryl methyl sites for hydroxylation is 1. The van der Waals surface area contributed by atoms with Gasteiger partial charge in [0.15, 0.2) is 0 Å². The average molecular weight is 262 g/mol. The van der Waals surface area contributed by atoms with Crippen LogP contribution in [-0.2, 0) is 16.0 Å². The third-order valence-electron chi connectivity index (χ3n) is 3.29. The van der Waals surface area contributed by atoms with Crippen molar-refractivity contribution in [1.82, 2.24) is 10.4 Å². The van der Waals surface area contributed by atoms with Gasteiger partial charge in [-0.25, -0.2) is 5.01 Å². The Morgan fingerprint density at radius 2 is 2.05 bits per heavy atom. The van der Waals surface area contributed by atoms with E-state index >= 15 is 0 Å². The first kappa shape index (κ1) is 13.5. The Morgan fingerprint density at radius 1 is 1.32 bits per heavy atom. The smallest absolute Gasteiger partial charge is 0.322 e. The number of carbonyl (C=O) groups excluding carboxylic acids is 1. The molecule has 1 amide bonds. The summed E-state index contributed by atoms with van der Waals surface area (Å²) in [7, 11) is 0. The second kappa shape index (κ2) is 6.33. The van der Waals surface area contributed by atoms with Crippen LogP contribution < -0.4 is 5.43 Å². The third kappa shape index (κ3) is 3.79. The summed E-state index contributed by atoms with van der Waals surface area (Å²) in [4.78, 5) is 22.8. The Bertz CT molecular complexity index is 447. The number of nitrogens with one attached hydrogen (secondary N) is 1. The number of benzene rings is 1. The fraction of sp³-hybridized carbons (Fsp3) is 0.429. The Hall–Kier alpha value is -1.88. The summed E-state index contributed by atoms with van der Waals surface area (Å²) in [5.74, 6) is -1.00. The molecule has 1 atom stereocenters. The second-order valence-electron chi connectivity index (χ2n) is 4.71. The van der Waals surface area contributed by atoms with Gasteiger partial charge < -0.3 is 5.11 Å². The maximum Gasteiger partial charge on any atom is 0.322 e. The predicted molar refractivity (Wildman–Crippen MR) is 70.3 cm³/mol. The minimum atomic E-state index is -0.874. The molecule has 0 spiro atoms. The first-order valence-corrected chi connectivity index (χ1v) is 6.49. The van der Waals surface area contributed by atoms with Crippen LogP contribution in [0.15, 0.2) is 30.3 Å². The van der Waals surface area contributed by atoms with Crippen molar-refractivity contribution in [2.45, 2.75) is 31.7 Å². The Balaban J connectivity index is 1.80. The van der Waals surface area contributed by atoms with Crippen molar-refractivity contribution in [3.05, 3.63) is 35.9 Å². The van der Waals surface area contributed by atoms with E-state index in [9.17, 15) is 9.59 Å². The molecular weight excluding hydrogens is 244 g/mol. The van der Waals surface area contributed by atoms with E-state index in [1.807, 2.05) is 30.3 Å². The van der Waals surface area contributed by atoms with Gasteiger partial charge in [-0.2, -0.15) is 0 Å². The second-order valence-corrected chi connectivity index (χ2v) is 4.71. The van der Waals surface area contributed by atoms with E-state index < -0.39 is 12.0 Å². The molecule has 1 aromatic rings. The van der Waals surface area contributed by atoms with Crippen molar-refractivity contribution in [3.8, 4) is 0 Å². The molecule has 1 fully saturated rings. The summed E-state index contributed by atoms with van der Waals surface area (Å²) in [6.45, 7) is 0.605. The first-order chi connectivity index (χ1) is 9.16. The lowest BCUT2D eigenvalue weighted by molar-refractivity contribution is -0.144. The highest BCUT2D eigenvalue weighted by Crippen LogP contribution is 2.14. The molecule has 1 aliphatic heterocycles. The summed E-state index contributed by atoms with van der Waals surface area (Å²) in [6, 6.07) is 9.18. The van der Waals surface area contributed by atoms with E-state index in [2.05, 4.69) is 5.43 Å². The summed E-state index contributed by atoms with van der Waals surface area (Å²) in [5, 5.41) is 10.5. The van der Waals surface area contributed by atoms with E-state index in [1.165, 1.54) is 5.01 Å². The maximum absolute atomic E-state index is 11.8. The summed E-state index contributed by atoms with van der Waals surface area (Å²) < 4.78 is 0. The highest BCUT2D eigenvalue weighted by molar-refractivity contribution is 5.78. The van der Waals surface area contributed by atoms with Gasteiger partial charge in [-0.1, -0.05) is 30.3 Å². The number of carboxylic acid groups (broad SMARTS) is 1. The number of nitrogens with zero attached hydrogens (tertiary/aromatic N) is 1. The standard InChI is InChI=1S/C14H18N2O3/c17-13(9-8-11-5-2-1-3-6-11)15-16-10-4-7-12(16)14(18)19/h1-3,5-6,12H,4,7-10H2,(H,15,17)(H,18,19)/t12-/m1/s1. The molecule has 2 rings (SSSR count). The number of aliphatic carboxylic acids is 1. The number of carboxylic acids is 1. The number of amides is 1. The van der Waals surface area contributed by atoms with Gasteiger partial charge in [0.25, 0.3) is 0 Å². The van der Waals surface area contributed by atoms with Gasteiger partial charge in [-0.15, -0.1) is 0 Å². The van der Waals surface area contributed by atoms with Crippen molar-refractivity contribution in [1.29, 1.82) is 0 Å². The molecular formula is C14H18N2O3. The van der Waals surface area contributed by atoms with Gasteiger partial charge in [-0.05, 0) is 24.8 Å². The predicted octanol–water partition coefficient (Wildman–Crippen LogP) is 1.20. The lowest BCUT2D eigenvalue weighted by atomic mass is 10.1. The molecule has 0 aliphatic carbocycles. The van der Waals surface area contributed by atoms with Crippen LogP contribution in [0.25, 0.3) is 0 Å². The van der Waals surface area contributed by atoms with Gasteiger partial charge in [0.05, 0.1) is 0 Å². The van der Waals surface area contributed by atoms with Crippen molar-refractivity contribution in [3.63, 3.8) is 0 Å². The van der Waals surface area contributed by atoms with Crippen molar-refractivity contribution in [2.24, 2.45) is 0 Å². The molecule has 1 heterocycles. The quantitative estimate of drug-likeness (QED) is 0.836. The van der Waals surface area contributed by atoms with Gasteiger partial charge in [0.1, 0.15) is 6.04 Å². The lowest BCUT2D eigenvalue weighted by Gasteiger charge is -2.21. The molecule has 1 saturated heterocycles. The zero-order valence-corrected chi connectivity index (χ0v) is 10.7. The van der Waals surface area contributed by atoms with Crippen LogP contribution in [0.4, 0.5) is 0 Å². The number of hydrogen-bond acceptors (Lipinski definition) is 3. The van der Waals surface area contributed by atoms with E-state index in [0.717, 1.165) is 12.0 Å². The molecule has 5 heteroatoms. The largest absolute Gasteiger partial charge is 0.480 e. The van der Waals surface area contributed by atoms with Crippen LogP contribution in [0.1, 0.15) is 24.8 Å². The molecule has 0 radical (unpaired) electrons. The molecule has 5 nitrogen and oxygen atoms in total. The van der Waals surface area contributed by atoms with E-state index in [-0.39, 0.29) is 5.91 Å². The van der Waals surface area contributed by atoms with Crippen LogP contribution in [0, 0.1) is 0 Å². The highest BCUT2D eigenvalue weighted by Gasteiger charge is 2.31. The molecule has 1 aromatic carbocycles. The molecule has 0 unspecified atom stereocenters. The van der Waals surface area contributed by atoms with Crippen LogP contribution in [-0.4, -0.2) is 34.6 Å². The zero-order chi connectivity index (χ0) is 13.7. The van der Waals surface area contributed by atoms with Crippen LogP contribution in [0.5, 0.6) is 0 Å². The SMILES string of the molecule is O=C(CCc1ccccc1)NN1CCC[C@@H]1C(=O)O. The normalized spacial score (nSPS) is 19.3. The summed E-state index contributed by atoms with van der Waals surface area (Å²) >= 11 is 0. The topological polar surface area (TPSA) is 69.6 Å². The van der Waals surface area contributed by atoms with Crippen molar-refractivity contribution < 1.29 is 14.7 Å². The molecule has 0 saturated carbocycles. The van der Waals surface area contributed by atoms with Gasteiger partial charge in [0.2, 0.25) is 5.91 Å². The molecule has 2 N–H and O–H groups in total. The van der Waals surface area contributed by atoms with Crippen LogP contribution >= 0.6 is 0 Å². The summed E-state index contributed by atoms with van der Waals surface area (Å²) in [6.07, 6.45) is 2.43. The number of carbonyl (C=O) groups is 2. The Morgan fingerprint density at radius 3 is 2.74 bits per heavy atom. The average Bonchev–Trinajstić information content (AvgIpc) is 2.86. The van der Waals surface area contributed by atoms with E-state index in [1.54, 1.807) is 0 Å². The molecule has 19 heavy (non-hydrogen) atoms. The van der Waals surface area contributed by atoms with Crippen LogP contribution in [0.3, 0.4) is 0 Å². The fourth-order valence-electron chi connectivity index (χ4n) is 2.28. The minimum absolute atomic E-state index is 0.128. The van der Waals surface area contributed by atoms with Crippen molar-refractivity contribution in [2.75, 3.05) is 6.54 Å².